The van der Waals surface area contributed by atoms with Crippen LogP contribution in [0.4, 0.5) is 0 Å². The number of carbonyl (C=O) groups excluding carboxylic acids is 1. The Morgan fingerprint density at radius 1 is 0.864 bits per heavy atom. The highest BCUT2D eigenvalue weighted by Gasteiger charge is 2.09. The van der Waals surface area contributed by atoms with Gasteiger partial charge in [-0.15, -0.1) is 0 Å². The van der Waals surface area contributed by atoms with Crippen molar-refractivity contribution in [2.75, 3.05) is 7.11 Å². The fraction of sp³-hybridized carbons (Fsp3) is 0.316. The standard InChI is InChI=1S/C17H18O3.2CH4/c1-12(14-4-8-16(19-3)9-5-14)15-6-10-17(11-7-15)20-13(2)18;;/h4-12H,1-3H3;2*1H4. The quantitative estimate of drug-likeness (QED) is 0.586. The van der Waals surface area contributed by atoms with Gasteiger partial charge in [-0.1, -0.05) is 46.0 Å². The van der Waals surface area contributed by atoms with Crippen LogP contribution in [0, 0.1) is 0 Å². The Morgan fingerprint density at radius 2 is 1.27 bits per heavy atom. The highest BCUT2D eigenvalue weighted by Crippen LogP contribution is 2.27. The molecule has 2 aromatic carbocycles. The molecule has 0 saturated carbocycles. The first-order valence-electron chi connectivity index (χ1n) is 6.52. The lowest BCUT2D eigenvalue weighted by Gasteiger charge is -2.13. The molecule has 1 atom stereocenters. The summed E-state index contributed by atoms with van der Waals surface area (Å²) in [5, 5.41) is 0. The molecule has 0 heterocycles. The summed E-state index contributed by atoms with van der Waals surface area (Å²) in [4.78, 5) is 10.9. The molecule has 0 bridgehead atoms. The number of esters is 1. The van der Waals surface area contributed by atoms with Crippen LogP contribution in [0.1, 0.15) is 45.7 Å². The van der Waals surface area contributed by atoms with Gasteiger partial charge in [0, 0.05) is 12.8 Å². The fourth-order valence-corrected chi connectivity index (χ4v) is 2.08. The van der Waals surface area contributed by atoms with E-state index in [1.54, 1.807) is 7.11 Å². The van der Waals surface area contributed by atoms with Crippen molar-refractivity contribution in [1.82, 2.24) is 0 Å². The number of hydrogen-bond donors (Lipinski definition) is 0. The summed E-state index contributed by atoms with van der Waals surface area (Å²) in [7, 11) is 1.66. The van der Waals surface area contributed by atoms with Crippen molar-refractivity contribution in [2.45, 2.75) is 34.6 Å². The maximum atomic E-state index is 10.9. The molecule has 0 aliphatic carbocycles. The molecule has 0 amide bonds. The molecular formula is C19H26O3. The minimum Gasteiger partial charge on any atom is -0.497 e. The van der Waals surface area contributed by atoms with Crippen molar-refractivity contribution in [3.8, 4) is 11.5 Å². The van der Waals surface area contributed by atoms with E-state index in [2.05, 4.69) is 19.1 Å². The van der Waals surface area contributed by atoms with Crippen LogP contribution >= 0.6 is 0 Å². The third kappa shape index (κ3) is 4.92. The smallest absolute Gasteiger partial charge is 0.308 e. The van der Waals surface area contributed by atoms with Crippen LogP contribution in [0.15, 0.2) is 48.5 Å². The lowest BCUT2D eigenvalue weighted by atomic mass is 9.93. The Morgan fingerprint density at radius 3 is 1.64 bits per heavy atom. The Labute approximate surface area is 133 Å². The molecular weight excluding hydrogens is 276 g/mol. The van der Waals surface area contributed by atoms with Gasteiger partial charge in [-0.25, -0.2) is 0 Å². The molecule has 0 aliphatic heterocycles. The number of carbonyl (C=O) groups is 1. The SMILES string of the molecule is C.C.COc1ccc(C(C)c2ccc(OC(C)=O)cc2)cc1. The summed E-state index contributed by atoms with van der Waals surface area (Å²) in [6.45, 7) is 3.54. The first kappa shape index (κ1) is 19.7. The van der Waals surface area contributed by atoms with Crippen molar-refractivity contribution < 1.29 is 14.3 Å². The molecule has 0 fully saturated rings. The molecule has 0 aromatic heterocycles. The number of ether oxygens (including phenoxy) is 2. The lowest BCUT2D eigenvalue weighted by Crippen LogP contribution is -2.02. The van der Waals surface area contributed by atoms with E-state index in [-0.39, 0.29) is 26.7 Å². The highest BCUT2D eigenvalue weighted by atomic mass is 16.5. The predicted octanol–water partition coefficient (Wildman–Crippen LogP) is 5.04. The normalized spacial score (nSPS) is 10.7. The molecule has 0 aliphatic rings. The third-order valence-electron chi connectivity index (χ3n) is 3.26. The van der Waals surface area contributed by atoms with Gasteiger partial charge in [0.05, 0.1) is 7.11 Å². The van der Waals surface area contributed by atoms with Crippen LogP contribution in [0.2, 0.25) is 0 Å². The van der Waals surface area contributed by atoms with Crippen LogP contribution < -0.4 is 9.47 Å². The van der Waals surface area contributed by atoms with Gasteiger partial charge in [-0.05, 0) is 35.4 Å². The molecule has 3 nitrogen and oxygen atoms in total. The summed E-state index contributed by atoms with van der Waals surface area (Å²) < 4.78 is 10.2. The van der Waals surface area contributed by atoms with Gasteiger partial charge >= 0.3 is 5.97 Å². The van der Waals surface area contributed by atoms with Crippen LogP contribution in [-0.4, -0.2) is 13.1 Å². The summed E-state index contributed by atoms with van der Waals surface area (Å²) in [5.41, 5.74) is 2.39. The topological polar surface area (TPSA) is 35.5 Å². The zero-order valence-corrected chi connectivity index (χ0v) is 11.9. The largest absolute Gasteiger partial charge is 0.497 e. The van der Waals surface area contributed by atoms with E-state index in [1.165, 1.54) is 18.1 Å². The van der Waals surface area contributed by atoms with E-state index in [4.69, 9.17) is 9.47 Å². The zero-order chi connectivity index (χ0) is 14.5. The second kappa shape index (κ2) is 8.88. The number of methoxy groups -OCH3 is 1. The molecule has 0 N–H and O–H groups in total. The second-order valence-corrected chi connectivity index (χ2v) is 4.66. The van der Waals surface area contributed by atoms with Gasteiger partial charge in [-0.3, -0.25) is 4.79 Å². The van der Waals surface area contributed by atoms with Crippen molar-refractivity contribution in [1.29, 1.82) is 0 Å². The molecule has 22 heavy (non-hydrogen) atoms. The second-order valence-electron chi connectivity index (χ2n) is 4.66. The van der Waals surface area contributed by atoms with Gasteiger partial charge in [-0.2, -0.15) is 0 Å². The minimum absolute atomic E-state index is 0. The maximum Gasteiger partial charge on any atom is 0.308 e. The molecule has 2 rings (SSSR count). The lowest BCUT2D eigenvalue weighted by molar-refractivity contribution is -0.131. The molecule has 0 spiro atoms. The predicted molar refractivity (Wildman–Crippen MR) is 91.7 cm³/mol. The van der Waals surface area contributed by atoms with E-state index in [0.717, 1.165) is 5.75 Å². The van der Waals surface area contributed by atoms with E-state index in [1.807, 2.05) is 36.4 Å². The maximum absolute atomic E-state index is 10.9. The van der Waals surface area contributed by atoms with Gasteiger partial charge in [0.2, 0.25) is 0 Å². The number of rotatable bonds is 4. The molecule has 3 heteroatoms. The first-order chi connectivity index (χ1) is 9.60. The van der Waals surface area contributed by atoms with Gasteiger partial charge in [0.1, 0.15) is 11.5 Å². The third-order valence-corrected chi connectivity index (χ3v) is 3.26. The average molecular weight is 302 g/mol. The van der Waals surface area contributed by atoms with Crippen LogP contribution in [0.3, 0.4) is 0 Å². The van der Waals surface area contributed by atoms with Crippen molar-refractivity contribution in [2.24, 2.45) is 0 Å². The van der Waals surface area contributed by atoms with Gasteiger partial charge in [0.15, 0.2) is 0 Å². The Balaban J connectivity index is 0.00000220. The van der Waals surface area contributed by atoms with Crippen molar-refractivity contribution in [3.05, 3.63) is 59.7 Å². The van der Waals surface area contributed by atoms with Gasteiger partial charge < -0.3 is 9.47 Å². The van der Waals surface area contributed by atoms with Crippen molar-refractivity contribution in [3.63, 3.8) is 0 Å². The summed E-state index contributed by atoms with van der Waals surface area (Å²) in [5.74, 6) is 1.39. The number of benzene rings is 2. The van der Waals surface area contributed by atoms with E-state index < -0.39 is 0 Å². The van der Waals surface area contributed by atoms with Gasteiger partial charge in [0.25, 0.3) is 0 Å². The van der Waals surface area contributed by atoms with Crippen molar-refractivity contribution >= 4 is 5.97 Å². The van der Waals surface area contributed by atoms with Crippen LogP contribution in [0.5, 0.6) is 11.5 Å². The molecule has 2 aromatic rings. The van der Waals surface area contributed by atoms with E-state index >= 15 is 0 Å². The van der Waals surface area contributed by atoms with E-state index in [9.17, 15) is 4.79 Å². The monoisotopic (exact) mass is 302 g/mol. The highest BCUT2D eigenvalue weighted by molar-refractivity contribution is 5.69. The first-order valence-corrected chi connectivity index (χ1v) is 6.52. The Bertz CT molecular complexity index is 571. The zero-order valence-electron chi connectivity index (χ0n) is 11.9. The summed E-state index contributed by atoms with van der Waals surface area (Å²) >= 11 is 0. The minimum atomic E-state index is -0.305. The van der Waals surface area contributed by atoms with Crippen LogP contribution in [0.25, 0.3) is 0 Å². The average Bonchev–Trinajstić information content (AvgIpc) is 2.47. The fourth-order valence-electron chi connectivity index (χ4n) is 2.08. The van der Waals surface area contributed by atoms with E-state index in [0.29, 0.717) is 5.75 Å². The molecule has 0 radical (unpaired) electrons. The van der Waals surface area contributed by atoms with Crippen LogP contribution in [-0.2, 0) is 4.79 Å². The Kier molecular flexibility index (Phi) is 7.95. The molecule has 0 saturated heterocycles. The summed E-state index contributed by atoms with van der Waals surface area (Å²) in [6, 6.07) is 15.6. The Hall–Kier alpha value is -2.29. The summed E-state index contributed by atoms with van der Waals surface area (Å²) in [6.07, 6.45) is 0. The number of hydrogen-bond acceptors (Lipinski definition) is 3. The molecule has 120 valence electrons. The molecule has 1 unspecified atom stereocenters.